The summed E-state index contributed by atoms with van der Waals surface area (Å²) in [6.45, 7) is 0.190. The average Bonchev–Trinajstić information content (AvgIpc) is 2.81. The number of hydrogen-bond donors (Lipinski definition) is 1. The maximum atomic E-state index is 12.4. The minimum atomic E-state index is -0.403. The molecule has 1 amide bonds. The van der Waals surface area contributed by atoms with E-state index >= 15 is 0 Å². The van der Waals surface area contributed by atoms with E-state index in [4.69, 9.17) is 4.74 Å². The number of fused-ring (bicyclic) bond motifs is 1. The zero-order valence-corrected chi connectivity index (χ0v) is 17.5. The second-order valence-corrected chi connectivity index (χ2v) is 8.15. The Bertz CT molecular complexity index is 1190. The summed E-state index contributed by atoms with van der Waals surface area (Å²) in [4.78, 5) is 24.6. The molecule has 0 spiro atoms. The molecule has 6 heteroatoms. The number of nitrogens with zero attached hydrogens (tertiary/aromatic N) is 1. The molecule has 3 aromatic rings. The Balaban J connectivity index is 1.53. The van der Waals surface area contributed by atoms with Crippen molar-refractivity contribution in [2.75, 3.05) is 5.75 Å². The predicted octanol–water partition coefficient (Wildman–Crippen LogP) is 4.66. The fraction of sp³-hybridized carbons (Fsp3) is 0.160. The number of thioether (sulfide) groups is 1. The van der Waals surface area contributed by atoms with Gasteiger partial charge in [-0.3, -0.25) is 9.59 Å². The number of esters is 1. The third-order valence-corrected chi connectivity index (χ3v) is 6.12. The summed E-state index contributed by atoms with van der Waals surface area (Å²) >= 11 is 1.13. The molecular weight excluding hydrogens is 408 g/mol. The van der Waals surface area contributed by atoms with Crippen LogP contribution in [0.1, 0.15) is 23.5 Å². The second kappa shape index (κ2) is 9.50. The van der Waals surface area contributed by atoms with E-state index in [9.17, 15) is 14.9 Å². The van der Waals surface area contributed by atoms with Gasteiger partial charge in [-0.2, -0.15) is 5.26 Å². The van der Waals surface area contributed by atoms with Crippen molar-refractivity contribution in [3.05, 3.63) is 94.5 Å². The summed E-state index contributed by atoms with van der Waals surface area (Å²) in [5.74, 6) is -0.916. The average molecular weight is 429 g/mol. The molecule has 0 saturated carbocycles. The monoisotopic (exact) mass is 428 g/mol. The topological polar surface area (TPSA) is 79.2 Å². The van der Waals surface area contributed by atoms with Crippen LogP contribution in [0.3, 0.4) is 0 Å². The molecule has 5 nitrogen and oxygen atoms in total. The number of nitrogens with one attached hydrogen (secondary N) is 1. The van der Waals surface area contributed by atoms with Crippen LogP contribution >= 0.6 is 11.8 Å². The molecule has 154 valence electrons. The van der Waals surface area contributed by atoms with Crippen LogP contribution in [0.25, 0.3) is 10.8 Å². The van der Waals surface area contributed by atoms with Crippen molar-refractivity contribution in [2.45, 2.75) is 18.9 Å². The van der Waals surface area contributed by atoms with Gasteiger partial charge in [0, 0.05) is 12.3 Å². The standard InChI is InChI=1S/C25H20N2O3S/c26-14-22-21(20-12-6-10-18-9-4-5-11-19(18)20)13-23(28)27-25(22)31-16-24(29)30-15-17-7-2-1-3-8-17/h1-12,21H,13,15-16H2,(H,27,28). The highest BCUT2D eigenvalue weighted by molar-refractivity contribution is 8.03. The van der Waals surface area contributed by atoms with Gasteiger partial charge in [0.25, 0.3) is 0 Å². The molecule has 1 unspecified atom stereocenters. The Morgan fingerprint density at radius 2 is 1.81 bits per heavy atom. The number of ether oxygens (including phenoxy) is 1. The van der Waals surface area contributed by atoms with Crippen molar-refractivity contribution in [1.29, 1.82) is 5.26 Å². The van der Waals surface area contributed by atoms with Gasteiger partial charge in [0.05, 0.1) is 22.4 Å². The van der Waals surface area contributed by atoms with Crippen LogP contribution < -0.4 is 5.32 Å². The highest BCUT2D eigenvalue weighted by Crippen LogP contribution is 2.38. The zero-order valence-electron chi connectivity index (χ0n) is 16.7. The molecule has 31 heavy (non-hydrogen) atoms. The summed E-state index contributed by atoms with van der Waals surface area (Å²) in [5.41, 5.74) is 2.31. The van der Waals surface area contributed by atoms with E-state index < -0.39 is 5.97 Å². The van der Waals surface area contributed by atoms with Crippen molar-refractivity contribution in [3.63, 3.8) is 0 Å². The molecule has 1 aliphatic heterocycles. The Kier molecular flexibility index (Phi) is 6.34. The predicted molar refractivity (Wildman–Crippen MR) is 121 cm³/mol. The minimum Gasteiger partial charge on any atom is -0.460 e. The van der Waals surface area contributed by atoms with Gasteiger partial charge in [0.2, 0.25) is 5.91 Å². The summed E-state index contributed by atoms with van der Waals surface area (Å²) in [6.07, 6.45) is 0.194. The lowest BCUT2D eigenvalue weighted by Gasteiger charge is -2.26. The Hall–Kier alpha value is -3.56. The van der Waals surface area contributed by atoms with E-state index in [-0.39, 0.29) is 30.6 Å². The number of allylic oxidation sites excluding steroid dienone is 1. The van der Waals surface area contributed by atoms with Crippen molar-refractivity contribution >= 4 is 34.4 Å². The van der Waals surface area contributed by atoms with Crippen LogP contribution in [0, 0.1) is 11.3 Å². The first kappa shape index (κ1) is 20.7. The quantitative estimate of drug-likeness (QED) is 0.578. The molecule has 0 bridgehead atoms. The van der Waals surface area contributed by atoms with Gasteiger partial charge in [0.1, 0.15) is 6.61 Å². The van der Waals surface area contributed by atoms with Gasteiger partial charge < -0.3 is 10.1 Å². The van der Waals surface area contributed by atoms with Crippen LogP contribution in [-0.2, 0) is 20.9 Å². The van der Waals surface area contributed by atoms with Crippen LogP contribution in [0.4, 0.5) is 0 Å². The SMILES string of the molecule is N#CC1=C(SCC(=O)OCc2ccccc2)NC(=O)CC1c1cccc2ccccc12. The molecule has 0 fully saturated rings. The van der Waals surface area contributed by atoms with Crippen molar-refractivity contribution in [2.24, 2.45) is 0 Å². The molecule has 1 aliphatic rings. The van der Waals surface area contributed by atoms with Gasteiger partial charge in [-0.15, -0.1) is 0 Å². The number of carbonyl (C=O) groups excluding carboxylic acids is 2. The summed E-state index contributed by atoms with van der Waals surface area (Å²) in [7, 11) is 0. The third kappa shape index (κ3) is 4.79. The first-order chi connectivity index (χ1) is 15.2. The van der Waals surface area contributed by atoms with E-state index in [2.05, 4.69) is 11.4 Å². The van der Waals surface area contributed by atoms with Crippen LogP contribution in [0.15, 0.2) is 83.4 Å². The highest BCUT2D eigenvalue weighted by atomic mass is 32.2. The number of rotatable bonds is 6. The largest absolute Gasteiger partial charge is 0.460 e. The van der Waals surface area contributed by atoms with E-state index in [1.807, 2.05) is 72.8 Å². The summed E-state index contributed by atoms with van der Waals surface area (Å²) < 4.78 is 5.31. The lowest BCUT2D eigenvalue weighted by molar-refractivity contribution is -0.141. The number of hydrogen-bond acceptors (Lipinski definition) is 5. The van der Waals surface area contributed by atoms with Gasteiger partial charge >= 0.3 is 5.97 Å². The van der Waals surface area contributed by atoms with Crippen LogP contribution in [0.5, 0.6) is 0 Å². The van der Waals surface area contributed by atoms with E-state index in [1.54, 1.807) is 0 Å². The van der Waals surface area contributed by atoms with Gasteiger partial charge in [0.15, 0.2) is 0 Å². The molecule has 4 rings (SSSR count). The van der Waals surface area contributed by atoms with E-state index in [0.29, 0.717) is 10.6 Å². The summed E-state index contributed by atoms with van der Waals surface area (Å²) in [5, 5.41) is 15.1. The molecular formula is C25H20N2O3S. The Morgan fingerprint density at radius 3 is 2.61 bits per heavy atom. The number of nitriles is 1. The normalized spacial score (nSPS) is 16.0. The van der Waals surface area contributed by atoms with E-state index in [0.717, 1.165) is 33.7 Å². The fourth-order valence-corrected chi connectivity index (χ4v) is 4.54. The first-order valence-electron chi connectivity index (χ1n) is 9.90. The van der Waals surface area contributed by atoms with Crippen LogP contribution in [-0.4, -0.2) is 17.6 Å². The molecule has 1 N–H and O–H groups in total. The fourth-order valence-electron chi connectivity index (χ4n) is 3.66. The maximum Gasteiger partial charge on any atom is 0.316 e. The van der Waals surface area contributed by atoms with Crippen LogP contribution in [0.2, 0.25) is 0 Å². The lowest BCUT2D eigenvalue weighted by atomic mass is 9.84. The first-order valence-corrected chi connectivity index (χ1v) is 10.9. The van der Waals surface area contributed by atoms with Gasteiger partial charge in [-0.05, 0) is 21.9 Å². The highest BCUT2D eigenvalue weighted by Gasteiger charge is 2.30. The number of benzene rings is 3. The third-order valence-electron chi connectivity index (χ3n) is 5.13. The molecule has 1 heterocycles. The minimum absolute atomic E-state index is 0.00981. The van der Waals surface area contributed by atoms with Crippen molar-refractivity contribution in [3.8, 4) is 6.07 Å². The molecule has 0 saturated heterocycles. The number of carbonyl (C=O) groups is 2. The van der Waals surface area contributed by atoms with Gasteiger partial charge in [-0.1, -0.05) is 84.6 Å². The maximum absolute atomic E-state index is 12.4. The number of amides is 1. The summed E-state index contributed by atoms with van der Waals surface area (Å²) in [6, 6.07) is 25.5. The van der Waals surface area contributed by atoms with Gasteiger partial charge in [-0.25, -0.2) is 0 Å². The van der Waals surface area contributed by atoms with Crippen molar-refractivity contribution < 1.29 is 14.3 Å². The Labute approximate surface area is 184 Å². The lowest BCUT2D eigenvalue weighted by Crippen LogP contribution is -2.31. The Morgan fingerprint density at radius 1 is 1.06 bits per heavy atom. The van der Waals surface area contributed by atoms with Crippen molar-refractivity contribution in [1.82, 2.24) is 5.32 Å². The molecule has 0 radical (unpaired) electrons. The van der Waals surface area contributed by atoms with E-state index in [1.165, 1.54) is 0 Å². The molecule has 1 atom stereocenters. The smallest absolute Gasteiger partial charge is 0.316 e. The zero-order chi connectivity index (χ0) is 21.6. The molecule has 3 aromatic carbocycles. The molecule has 0 aliphatic carbocycles. The second-order valence-electron chi connectivity index (χ2n) is 7.16. The molecule has 0 aromatic heterocycles.